The van der Waals surface area contributed by atoms with Gasteiger partial charge in [0, 0.05) is 59.0 Å². The summed E-state index contributed by atoms with van der Waals surface area (Å²) in [7, 11) is 0. The van der Waals surface area contributed by atoms with Gasteiger partial charge in [0.25, 0.3) is 0 Å². The van der Waals surface area contributed by atoms with Crippen molar-refractivity contribution in [3.63, 3.8) is 0 Å². The molecule has 0 aliphatic rings. The molecule has 0 saturated carbocycles. The van der Waals surface area contributed by atoms with E-state index in [9.17, 15) is 0 Å². The normalized spacial score (nSPS) is 12.7. The van der Waals surface area contributed by atoms with E-state index < -0.39 is 0 Å². The summed E-state index contributed by atoms with van der Waals surface area (Å²) in [5.74, 6) is 0.663. The van der Waals surface area contributed by atoms with E-state index in [1.165, 1.54) is 11.1 Å². The first-order chi connectivity index (χ1) is 18.8. The van der Waals surface area contributed by atoms with Gasteiger partial charge >= 0.3 is 0 Å². The zero-order chi connectivity index (χ0) is 27.3. The molecule has 6 aromatic rings. The Kier molecular flexibility index (Phi) is 6.29. The van der Waals surface area contributed by atoms with Crippen LogP contribution in [0.15, 0.2) is 67.0 Å². The summed E-state index contributed by atoms with van der Waals surface area (Å²) in [6, 6.07) is 19.1. The third-order valence-electron chi connectivity index (χ3n) is 7.68. The lowest BCUT2D eigenvalue weighted by molar-refractivity contribution is 0.547. The lowest BCUT2D eigenvalue weighted by atomic mass is 9.95. The fourth-order valence-electron chi connectivity index (χ4n) is 5.66. The van der Waals surface area contributed by atoms with Gasteiger partial charge in [-0.05, 0) is 44.4 Å². The average Bonchev–Trinajstić information content (AvgIpc) is 3.62. The molecule has 0 amide bonds. The van der Waals surface area contributed by atoms with Gasteiger partial charge in [0.15, 0.2) is 5.65 Å². The summed E-state index contributed by atoms with van der Waals surface area (Å²) in [4.78, 5) is 4.82. The van der Waals surface area contributed by atoms with Gasteiger partial charge in [0.2, 0.25) is 0 Å². The molecule has 7 nitrogen and oxygen atoms in total. The van der Waals surface area contributed by atoms with Crippen molar-refractivity contribution < 1.29 is 0 Å². The standard InChI is InChI=1S/C32H35N7/c1-7-37-18-25-16-29(22(5)33-32(25)36-37)39-23(6)30(20(2)3)31(35-39)26-14-11-15-28-27(26)19-38(34-28)17-21(4)24-12-9-8-10-13-24/h8-16,18-21H,7,17H2,1-6H3/t21-/m0/s1. The summed E-state index contributed by atoms with van der Waals surface area (Å²) in [5, 5.41) is 16.9. The lowest BCUT2D eigenvalue weighted by Gasteiger charge is -2.11. The number of benzene rings is 2. The number of hydrogen-bond donors (Lipinski definition) is 0. The molecule has 4 heterocycles. The van der Waals surface area contributed by atoms with Crippen LogP contribution in [0.25, 0.3) is 38.9 Å². The molecule has 7 heteroatoms. The highest BCUT2D eigenvalue weighted by Gasteiger charge is 2.23. The van der Waals surface area contributed by atoms with Gasteiger partial charge in [-0.25, -0.2) is 9.67 Å². The van der Waals surface area contributed by atoms with Crippen molar-refractivity contribution >= 4 is 21.9 Å². The van der Waals surface area contributed by atoms with Gasteiger partial charge in [-0.3, -0.25) is 9.36 Å². The van der Waals surface area contributed by atoms with Crippen LogP contribution in [0.3, 0.4) is 0 Å². The first kappa shape index (κ1) is 25.0. The van der Waals surface area contributed by atoms with E-state index >= 15 is 0 Å². The molecule has 198 valence electrons. The Hall–Kier alpha value is -4.26. The average molecular weight is 518 g/mol. The van der Waals surface area contributed by atoms with Crippen LogP contribution in [0, 0.1) is 13.8 Å². The van der Waals surface area contributed by atoms with Gasteiger partial charge in [-0.2, -0.15) is 15.3 Å². The Balaban J connectivity index is 1.46. The molecule has 0 aliphatic heterocycles. The van der Waals surface area contributed by atoms with Gasteiger partial charge < -0.3 is 0 Å². The number of pyridine rings is 1. The molecule has 0 saturated heterocycles. The minimum Gasteiger partial charge on any atom is -0.271 e. The molecule has 39 heavy (non-hydrogen) atoms. The summed E-state index contributed by atoms with van der Waals surface area (Å²) in [6.45, 7) is 14.6. The van der Waals surface area contributed by atoms with Crippen molar-refractivity contribution in [1.29, 1.82) is 0 Å². The van der Waals surface area contributed by atoms with Crippen molar-refractivity contribution in [3.05, 3.63) is 89.5 Å². The molecular formula is C32H35N7. The number of rotatable bonds is 7. The Morgan fingerprint density at radius 3 is 2.38 bits per heavy atom. The third-order valence-corrected chi connectivity index (χ3v) is 7.68. The highest BCUT2D eigenvalue weighted by molar-refractivity contribution is 5.94. The topological polar surface area (TPSA) is 66.3 Å². The zero-order valence-electron chi connectivity index (χ0n) is 23.6. The predicted molar refractivity (Wildman–Crippen MR) is 157 cm³/mol. The maximum Gasteiger partial charge on any atom is 0.181 e. The summed E-state index contributed by atoms with van der Waals surface area (Å²) in [5.41, 5.74) is 9.48. The molecule has 0 unspecified atom stereocenters. The van der Waals surface area contributed by atoms with Crippen molar-refractivity contribution in [3.8, 4) is 16.9 Å². The molecule has 0 spiro atoms. The third kappa shape index (κ3) is 4.42. The monoisotopic (exact) mass is 517 g/mol. The largest absolute Gasteiger partial charge is 0.271 e. The Bertz CT molecular complexity index is 1790. The summed E-state index contributed by atoms with van der Waals surface area (Å²) < 4.78 is 6.08. The molecule has 1 atom stereocenters. The molecular weight excluding hydrogens is 482 g/mol. The smallest absolute Gasteiger partial charge is 0.181 e. The maximum absolute atomic E-state index is 5.25. The molecule has 0 bridgehead atoms. The highest BCUT2D eigenvalue weighted by atomic mass is 15.3. The van der Waals surface area contributed by atoms with Crippen LogP contribution < -0.4 is 0 Å². The van der Waals surface area contributed by atoms with E-state index in [-0.39, 0.29) is 0 Å². The fraction of sp³-hybridized carbons (Fsp3) is 0.312. The van der Waals surface area contributed by atoms with Gasteiger partial charge in [0.1, 0.15) is 0 Å². The quantitative estimate of drug-likeness (QED) is 0.225. The van der Waals surface area contributed by atoms with E-state index in [4.69, 9.17) is 15.2 Å². The van der Waals surface area contributed by atoms with Crippen molar-refractivity contribution in [1.82, 2.24) is 34.3 Å². The van der Waals surface area contributed by atoms with Crippen LogP contribution in [0.1, 0.15) is 62.0 Å². The summed E-state index contributed by atoms with van der Waals surface area (Å²) in [6.07, 6.45) is 4.24. The van der Waals surface area contributed by atoms with Crippen molar-refractivity contribution in [2.45, 2.75) is 66.5 Å². The van der Waals surface area contributed by atoms with E-state index in [0.717, 1.165) is 63.4 Å². The van der Waals surface area contributed by atoms with Crippen LogP contribution in [0.5, 0.6) is 0 Å². The number of nitrogens with zero attached hydrogens (tertiary/aromatic N) is 7. The predicted octanol–water partition coefficient (Wildman–Crippen LogP) is 7.20. The maximum atomic E-state index is 5.25. The molecule has 6 rings (SSSR count). The minimum absolute atomic E-state index is 0.303. The Labute approximate surface area is 229 Å². The Morgan fingerprint density at radius 1 is 0.846 bits per heavy atom. The molecule has 0 N–H and O–H groups in total. The Morgan fingerprint density at radius 2 is 1.64 bits per heavy atom. The highest BCUT2D eigenvalue weighted by Crippen LogP contribution is 2.37. The van der Waals surface area contributed by atoms with E-state index in [1.54, 1.807) is 0 Å². The molecule has 2 aromatic carbocycles. The first-order valence-electron chi connectivity index (χ1n) is 13.8. The SMILES string of the molecule is CCn1cc2cc(-n3nc(-c4cccc5nn(C[C@H](C)c6ccccc6)cc45)c(C(C)C)c3C)c(C)nc2n1. The second kappa shape index (κ2) is 9.80. The fourth-order valence-corrected chi connectivity index (χ4v) is 5.66. The van der Waals surface area contributed by atoms with Gasteiger partial charge in [0.05, 0.1) is 22.6 Å². The van der Waals surface area contributed by atoms with Gasteiger partial charge in [-0.1, -0.05) is 63.2 Å². The van der Waals surface area contributed by atoms with Crippen LogP contribution in [-0.2, 0) is 13.1 Å². The van der Waals surface area contributed by atoms with Crippen LogP contribution >= 0.6 is 0 Å². The number of aryl methyl sites for hydroxylation is 2. The number of hydrogen-bond acceptors (Lipinski definition) is 4. The lowest BCUT2D eigenvalue weighted by Crippen LogP contribution is -2.06. The van der Waals surface area contributed by atoms with Crippen LogP contribution in [0.4, 0.5) is 0 Å². The summed E-state index contributed by atoms with van der Waals surface area (Å²) >= 11 is 0. The number of aromatic nitrogens is 7. The molecule has 0 aliphatic carbocycles. The minimum atomic E-state index is 0.303. The second-order valence-corrected chi connectivity index (χ2v) is 10.8. The zero-order valence-corrected chi connectivity index (χ0v) is 23.6. The van der Waals surface area contributed by atoms with E-state index in [0.29, 0.717) is 11.8 Å². The van der Waals surface area contributed by atoms with E-state index in [1.807, 2.05) is 11.6 Å². The van der Waals surface area contributed by atoms with E-state index in [2.05, 4.69) is 116 Å². The van der Waals surface area contributed by atoms with Gasteiger partial charge in [-0.15, -0.1) is 0 Å². The van der Waals surface area contributed by atoms with Crippen LogP contribution in [0.2, 0.25) is 0 Å². The molecule has 4 aromatic heterocycles. The number of fused-ring (bicyclic) bond motifs is 2. The first-order valence-corrected chi connectivity index (χ1v) is 13.8. The molecule has 0 fully saturated rings. The van der Waals surface area contributed by atoms with Crippen molar-refractivity contribution in [2.24, 2.45) is 0 Å². The van der Waals surface area contributed by atoms with Crippen LogP contribution in [-0.4, -0.2) is 34.3 Å². The second-order valence-electron chi connectivity index (χ2n) is 10.8. The molecule has 0 radical (unpaired) electrons. The van der Waals surface area contributed by atoms with Crippen molar-refractivity contribution in [2.75, 3.05) is 0 Å².